The fraction of sp³-hybridized carbons (Fsp3) is 1.00. The van der Waals surface area contributed by atoms with Gasteiger partial charge in [0.25, 0.3) is 0 Å². The summed E-state index contributed by atoms with van der Waals surface area (Å²) in [5, 5.41) is 0. The quantitative estimate of drug-likeness (QED) is 0.603. The second-order valence-corrected chi connectivity index (χ2v) is 6.04. The van der Waals surface area contributed by atoms with Crippen LogP contribution in [0.2, 0.25) is 0 Å². The van der Waals surface area contributed by atoms with Crippen LogP contribution in [0.4, 0.5) is 0 Å². The van der Waals surface area contributed by atoms with Crippen molar-refractivity contribution in [2.75, 3.05) is 0 Å². The van der Waals surface area contributed by atoms with Crippen molar-refractivity contribution in [1.29, 1.82) is 0 Å². The maximum absolute atomic E-state index is 2.54. The van der Waals surface area contributed by atoms with E-state index in [2.05, 4.69) is 34.6 Å². The van der Waals surface area contributed by atoms with Crippen LogP contribution in [0.3, 0.4) is 0 Å². The van der Waals surface area contributed by atoms with E-state index in [4.69, 9.17) is 0 Å². The first-order chi connectivity index (χ1) is 5.99. The van der Waals surface area contributed by atoms with E-state index < -0.39 is 0 Å². The summed E-state index contributed by atoms with van der Waals surface area (Å²) >= 11 is 0. The molecule has 0 nitrogen and oxygen atoms in total. The Bertz CT molecular complexity index is 190. The zero-order valence-corrected chi connectivity index (χ0v) is 9.80. The first kappa shape index (κ1) is 9.55. The van der Waals surface area contributed by atoms with Gasteiger partial charge in [-0.25, -0.2) is 0 Å². The second-order valence-electron chi connectivity index (χ2n) is 6.04. The van der Waals surface area contributed by atoms with Crippen molar-refractivity contribution in [1.82, 2.24) is 0 Å². The molecular weight excluding hydrogens is 156 g/mol. The first-order valence-corrected chi connectivity index (χ1v) is 5.99. The summed E-state index contributed by atoms with van der Waals surface area (Å²) in [6.45, 7) is 12.3. The van der Waals surface area contributed by atoms with Crippen molar-refractivity contribution in [3.8, 4) is 0 Å². The largest absolute Gasteiger partial charge is 0.0625 e. The molecule has 2 unspecified atom stereocenters. The third-order valence-electron chi connectivity index (χ3n) is 5.34. The molecule has 0 aliphatic heterocycles. The molecule has 2 aliphatic rings. The average molecular weight is 180 g/mol. The Morgan fingerprint density at radius 1 is 1.08 bits per heavy atom. The van der Waals surface area contributed by atoms with Crippen molar-refractivity contribution < 1.29 is 0 Å². The SMILES string of the molecule is CC(C)C1C(C)C(C)(C2CC2)C1C. The third kappa shape index (κ3) is 1.10. The van der Waals surface area contributed by atoms with Gasteiger partial charge in [0.2, 0.25) is 0 Å². The van der Waals surface area contributed by atoms with Crippen molar-refractivity contribution in [3.63, 3.8) is 0 Å². The van der Waals surface area contributed by atoms with Gasteiger partial charge in [0.15, 0.2) is 0 Å². The van der Waals surface area contributed by atoms with Gasteiger partial charge in [-0.1, -0.05) is 34.6 Å². The van der Waals surface area contributed by atoms with E-state index in [0.717, 1.165) is 29.6 Å². The van der Waals surface area contributed by atoms with Crippen LogP contribution in [-0.2, 0) is 0 Å². The van der Waals surface area contributed by atoms with Crippen LogP contribution in [0.1, 0.15) is 47.5 Å². The lowest BCUT2D eigenvalue weighted by Gasteiger charge is -2.60. The highest BCUT2D eigenvalue weighted by Gasteiger charge is 2.60. The van der Waals surface area contributed by atoms with Crippen molar-refractivity contribution in [2.45, 2.75) is 47.5 Å². The van der Waals surface area contributed by atoms with Gasteiger partial charge in [-0.3, -0.25) is 0 Å². The minimum absolute atomic E-state index is 0.703. The summed E-state index contributed by atoms with van der Waals surface area (Å²) in [4.78, 5) is 0. The molecule has 2 fully saturated rings. The molecule has 13 heavy (non-hydrogen) atoms. The molecule has 0 bridgehead atoms. The third-order valence-corrected chi connectivity index (χ3v) is 5.34. The Labute approximate surface area is 83.1 Å². The normalized spacial score (nSPS) is 50.8. The Morgan fingerprint density at radius 3 is 1.85 bits per heavy atom. The molecule has 0 aromatic rings. The van der Waals surface area contributed by atoms with Crippen LogP contribution in [0, 0.1) is 35.0 Å². The molecule has 2 rings (SSSR count). The highest BCUT2D eigenvalue weighted by molar-refractivity contribution is 5.08. The molecule has 0 heteroatoms. The molecule has 76 valence electrons. The Balaban J connectivity index is 2.10. The highest BCUT2D eigenvalue weighted by atomic mass is 14.6. The molecule has 0 heterocycles. The lowest BCUT2D eigenvalue weighted by atomic mass is 9.44. The second kappa shape index (κ2) is 2.74. The predicted molar refractivity (Wildman–Crippen MR) is 57.5 cm³/mol. The van der Waals surface area contributed by atoms with Gasteiger partial charge in [0.05, 0.1) is 0 Å². The van der Waals surface area contributed by atoms with Gasteiger partial charge in [-0.05, 0) is 47.8 Å². The molecule has 0 spiro atoms. The van der Waals surface area contributed by atoms with Crippen LogP contribution in [0.25, 0.3) is 0 Å². The molecule has 2 saturated carbocycles. The number of hydrogen-bond donors (Lipinski definition) is 0. The van der Waals surface area contributed by atoms with Crippen LogP contribution < -0.4 is 0 Å². The summed E-state index contributed by atoms with van der Waals surface area (Å²) in [6, 6.07) is 0. The van der Waals surface area contributed by atoms with Crippen molar-refractivity contribution >= 4 is 0 Å². The Morgan fingerprint density at radius 2 is 1.54 bits per heavy atom. The van der Waals surface area contributed by atoms with Gasteiger partial charge in [-0.15, -0.1) is 0 Å². The minimum Gasteiger partial charge on any atom is -0.0625 e. The van der Waals surface area contributed by atoms with E-state index in [9.17, 15) is 0 Å². The lowest BCUT2D eigenvalue weighted by molar-refractivity contribution is -0.128. The van der Waals surface area contributed by atoms with E-state index >= 15 is 0 Å². The molecule has 0 N–H and O–H groups in total. The molecule has 2 atom stereocenters. The topological polar surface area (TPSA) is 0 Å². The maximum Gasteiger partial charge on any atom is -0.0241 e. The van der Waals surface area contributed by atoms with E-state index in [1.165, 1.54) is 12.8 Å². The van der Waals surface area contributed by atoms with E-state index in [1.54, 1.807) is 0 Å². The fourth-order valence-corrected chi connectivity index (χ4v) is 4.16. The first-order valence-electron chi connectivity index (χ1n) is 5.99. The van der Waals surface area contributed by atoms with Crippen molar-refractivity contribution in [2.24, 2.45) is 35.0 Å². The van der Waals surface area contributed by atoms with Gasteiger partial charge >= 0.3 is 0 Å². The molecule has 0 aromatic heterocycles. The highest BCUT2D eigenvalue weighted by Crippen LogP contribution is 2.67. The van der Waals surface area contributed by atoms with Gasteiger partial charge < -0.3 is 0 Å². The zero-order chi connectivity index (χ0) is 9.80. The van der Waals surface area contributed by atoms with E-state index in [0.29, 0.717) is 5.41 Å². The van der Waals surface area contributed by atoms with Crippen LogP contribution >= 0.6 is 0 Å². The van der Waals surface area contributed by atoms with Gasteiger partial charge in [-0.2, -0.15) is 0 Å². The molecule has 2 aliphatic carbocycles. The zero-order valence-electron chi connectivity index (χ0n) is 9.80. The fourth-order valence-electron chi connectivity index (χ4n) is 4.16. The molecule has 0 radical (unpaired) electrons. The monoisotopic (exact) mass is 180 g/mol. The Kier molecular flexibility index (Phi) is 2.02. The predicted octanol–water partition coefficient (Wildman–Crippen LogP) is 3.96. The van der Waals surface area contributed by atoms with Crippen LogP contribution in [-0.4, -0.2) is 0 Å². The Hall–Kier alpha value is 0. The standard InChI is InChI=1S/C13H24/c1-8(2)12-9(3)13(5,10(12)4)11-6-7-11/h8-12H,6-7H2,1-5H3. The maximum atomic E-state index is 2.54. The summed E-state index contributed by atoms with van der Waals surface area (Å²) in [7, 11) is 0. The van der Waals surface area contributed by atoms with Crippen LogP contribution in [0.5, 0.6) is 0 Å². The summed E-state index contributed by atoms with van der Waals surface area (Å²) < 4.78 is 0. The summed E-state index contributed by atoms with van der Waals surface area (Å²) in [6.07, 6.45) is 3.02. The van der Waals surface area contributed by atoms with E-state index in [1.807, 2.05) is 0 Å². The van der Waals surface area contributed by atoms with Gasteiger partial charge in [0.1, 0.15) is 0 Å². The van der Waals surface area contributed by atoms with Crippen molar-refractivity contribution in [3.05, 3.63) is 0 Å². The lowest BCUT2D eigenvalue weighted by Crippen LogP contribution is -2.55. The molecular formula is C13H24. The molecule has 0 amide bonds. The van der Waals surface area contributed by atoms with Gasteiger partial charge in [0, 0.05) is 0 Å². The summed E-state index contributed by atoms with van der Waals surface area (Å²) in [5.74, 6) is 4.89. The number of hydrogen-bond acceptors (Lipinski definition) is 0. The average Bonchev–Trinajstić information content (AvgIpc) is 2.85. The molecule has 0 aromatic carbocycles. The van der Waals surface area contributed by atoms with Crippen LogP contribution in [0.15, 0.2) is 0 Å². The molecule has 0 saturated heterocycles. The smallest absolute Gasteiger partial charge is 0.0241 e. The minimum atomic E-state index is 0.703. The summed E-state index contributed by atoms with van der Waals surface area (Å²) in [5.41, 5.74) is 0.703. The number of rotatable bonds is 2. The van der Waals surface area contributed by atoms with E-state index in [-0.39, 0.29) is 0 Å².